The lowest BCUT2D eigenvalue weighted by Gasteiger charge is -2.14. The summed E-state index contributed by atoms with van der Waals surface area (Å²) in [7, 11) is 0. The molecule has 0 aliphatic carbocycles. The van der Waals surface area contributed by atoms with Gasteiger partial charge in [0.2, 0.25) is 0 Å². The first-order valence-electron chi connectivity index (χ1n) is 35.7. The Bertz CT molecular complexity index is 3730. The van der Waals surface area contributed by atoms with Gasteiger partial charge in [0.1, 0.15) is 23.0 Å². The Labute approximate surface area is 580 Å². The number of hydrogen-bond donors (Lipinski definition) is 2. The second-order valence-corrected chi connectivity index (χ2v) is 27.6. The number of aromatic nitrogens is 4. The van der Waals surface area contributed by atoms with Crippen LogP contribution in [0.5, 0.6) is 23.0 Å². The Morgan fingerprint density at radius 3 is 0.958 bits per heavy atom. The number of nitrogens with zero attached hydrogens (tertiary/aromatic N) is 2. The third kappa shape index (κ3) is 22.5. The molecule has 3 aromatic heterocycles. The number of thioether (sulfide) groups is 2. The molecule has 2 N–H and O–H groups in total. The molecular weight excluding hydrogens is 1230 g/mol. The molecule has 502 valence electrons. The topological polar surface area (TPSA) is 128 Å². The Morgan fingerprint density at radius 1 is 0.354 bits per heavy atom. The van der Waals surface area contributed by atoms with E-state index < -0.39 is 0 Å². The zero-order chi connectivity index (χ0) is 67.1. The number of ether oxygens (including phenoxy) is 4. The van der Waals surface area contributed by atoms with Gasteiger partial charge in [-0.1, -0.05) is 203 Å². The van der Waals surface area contributed by atoms with E-state index in [-0.39, 0.29) is 10.2 Å². The van der Waals surface area contributed by atoms with Crippen LogP contribution in [0.4, 0.5) is 0 Å². The van der Waals surface area contributed by atoms with E-state index in [9.17, 15) is 9.59 Å². The SMILES string of the molecule is CCCCCCCCOc1cc(OCCCCCCCC)cc(-c2c3nc(c(C#Cc4ccc(SC(C)=O)cc4)c4ccc([nH]4)c(-c4cc(OCCCCCCCC)cc(OCCCCCCCC)c4)c4nc(c(C#Cc5ccc(SC(C)=O)cc5)c5ccc2[nH]5)C=C4)C=C3)c1. The van der Waals surface area contributed by atoms with Crippen LogP contribution in [-0.4, -0.2) is 56.6 Å². The molecule has 0 saturated carbocycles. The number of carbonyl (C=O) groups is 2. The van der Waals surface area contributed by atoms with Crippen LogP contribution in [0, 0.1) is 23.7 Å². The number of rotatable bonds is 36. The van der Waals surface area contributed by atoms with Crippen LogP contribution in [0.2, 0.25) is 0 Å². The lowest BCUT2D eigenvalue weighted by atomic mass is 10.0. The maximum absolute atomic E-state index is 12.1. The maximum atomic E-state index is 12.1. The van der Waals surface area contributed by atoms with Crippen LogP contribution in [0.3, 0.4) is 0 Å². The minimum Gasteiger partial charge on any atom is -0.493 e. The largest absolute Gasteiger partial charge is 0.493 e. The molecule has 0 amide bonds. The highest BCUT2D eigenvalue weighted by Crippen LogP contribution is 2.39. The monoisotopic (exact) mass is 1320 g/mol. The molecule has 9 rings (SSSR count). The zero-order valence-electron chi connectivity index (χ0n) is 57.7. The van der Waals surface area contributed by atoms with Crippen LogP contribution in [0.15, 0.2) is 119 Å². The fourth-order valence-electron chi connectivity index (χ4n) is 11.9. The van der Waals surface area contributed by atoms with Gasteiger partial charge in [-0.15, -0.1) is 0 Å². The maximum Gasteiger partial charge on any atom is 0.190 e. The summed E-state index contributed by atoms with van der Waals surface area (Å²) >= 11 is 2.41. The van der Waals surface area contributed by atoms with Gasteiger partial charge in [0.05, 0.1) is 71.4 Å². The Hall–Kier alpha value is -8.16. The summed E-state index contributed by atoms with van der Waals surface area (Å²) in [6.45, 7) is 14.5. The van der Waals surface area contributed by atoms with E-state index in [4.69, 9.17) is 28.9 Å². The highest BCUT2D eigenvalue weighted by molar-refractivity contribution is 8.13. The van der Waals surface area contributed by atoms with Crippen molar-refractivity contribution in [1.29, 1.82) is 0 Å². The van der Waals surface area contributed by atoms with Crippen molar-refractivity contribution in [1.82, 2.24) is 19.9 Å². The summed E-state index contributed by atoms with van der Waals surface area (Å²) in [5, 5.41) is 0.0509. The van der Waals surface area contributed by atoms with Crippen molar-refractivity contribution < 1.29 is 28.5 Å². The first-order valence-corrected chi connectivity index (χ1v) is 37.3. The molecule has 0 radical (unpaired) electrons. The summed E-state index contributed by atoms with van der Waals surface area (Å²) in [5.41, 5.74) is 12.4. The van der Waals surface area contributed by atoms with Crippen LogP contribution in [-0.2, 0) is 9.59 Å². The summed E-state index contributed by atoms with van der Waals surface area (Å²) in [5.74, 6) is 17.1. The average molecular weight is 1320 g/mol. The molecule has 8 bridgehead atoms. The molecule has 5 heterocycles. The van der Waals surface area contributed by atoms with Crippen LogP contribution in [0.1, 0.15) is 241 Å². The van der Waals surface area contributed by atoms with Crippen molar-refractivity contribution >= 4 is 80.1 Å². The Kier molecular flexibility index (Phi) is 29.4. The first kappa shape index (κ1) is 72.1. The van der Waals surface area contributed by atoms with E-state index in [1.165, 1.54) is 126 Å². The first-order chi connectivity index (χ1) is 47.1. The molecule has 4 aromatic carbocycles. The molecule has 0 fully saturated rings. The molecule has 0 unspecified atom stereocenters. The Balaban J connectivity index is 1.28. The number of fused-ring (bicyclic) bond motifs is 8. The fraction of sp³-hybridized carbons (Fsp3) is 0.405. The van der Waals surface area contributed by atoms with Gasteiger partial charge in [-0.2, -0.15) is 0 Å². The van der Waals surface area contributed by atoms with Gasteiger partial charge in [0.15, 0.2) is 10.2 Å². The number of unbranched alkanes of at least 4 members (excludes halogenated alkanes) is 20. The number of nitrogens with one attached hydrogen (secondary N) is 2. The number of H-pyrrole nitrogens is 2. The predicted molar refractivity (Wildman–Crippen MR) is 403 cm³/mol. The summed E-state index contributed by atoms with van der Waals surface area (Å²) < 4.78 is 26.7. The van der Waals surface area contributed by atoms with Gasteiger partial charge < -0.3 is 28.9 Å². The van der Waals surface area contributed by atoms with Gasteiger partial charge in [-0.3, -0.25) is 9.59 Å². The number of carbonyl (C=O) groups excluding carboxylic acids is 2. The van der Waals surface area contributed by atoms with Crippen molar-refractivity contribution in [2.24, 2.45) is 0 Å². The highest BCUT2D eigenvalue weighted by Gasteiger charge is 2.20. The summed E-state index contributed by atoms with van der Waals surface area (Å²) in [6, 6.07) is 36.5. The van der Waals surface area contributed by atoms with Crippen molar-refractivity contribution in [3.05, 3.63) is 154 Å². The molecular formula is C84H98N4O6S2. The quantitative estimate of drug-likeness (QED) is 0.0223. The molecule has 0 atom stereocenters. The average Bonchev–Trinajstić information content (AvgIpc) is 1.60. The third-order valence-corrected chi connectivity index (χ3v) is 18.6. The van der Waals surface area contributed by atoms with Gasteiger partial charge >= 0.3 is 0 Å². The third-order valence-electron chi connectivity index (χ3n) is 17.1. The lowest BCUT2D eigenvalue weighted by Crippen LogP contribution is -2.01. The predicted octanol–water partition coefficient (Wildman–Crippen LogP) is 23.0. The van der Waals surface area contributed by atoms with E-state index in [2.05, 4.69) is 134 Å². The van der Waals surface area contributed by atoms with Gasteiger partial charge in [-0.25, -0.2) is 9.97 Å². The fourth-order valence-corrected chi connectivity index (χ4v) is 13.2. The minimum atomic E-state index is 0.0254. The van der Waals surface area contributed by atoms with Crippen molar-refractivity contribution in [3.63, 3.8) is 0 Å². The van der Waals surface area contributed by atoms with Crippen LogP contribution in [0.25, 0.3) is 68.6 Å². The number of hydrogen-bond acceptors (Lipinski definition) is 10. The van der Waals surface area contributed by atoms with E-state index in [0.29, 0.717) is 48.9 Å². The van der Waals surface area contributed by atoms with Crippen molar-refractivity contribution in [3.8, 4) is 68.9 Å². The second kappa shape index (κ2) is 39.2. The standard InChI is InChI=1S/C84H98N4O6S2/c1-7-11-15-19-23-27-51-91-67-55-65(56-68(59-67)92-52-28-24-20-16-12-8-2)83-79-47-43-75(85-79)73(41-35-63-31-37-71(38-32-63)95-61(5)89)77-45-49-81(87-77)84(66-57-69(93-53-29-25-21-17-13-9-3)60-70(58-66)94-54-30-26-22-18-14-10-4)82-50-46-78(88-82)74(76-44-48-80(83)86-76)42-36-64-33-39-72(40-34-64)96-62(6)90/h31-34,37-40,43-50,55-60,85,88H,7-30,51-54H2,1-6H3. The molecule has 0 saturated heterocycles. The lowest BCUT2D eigenvalue weighted by molar-refractivity contribution is -0.109. The van der Waals surface area contributed by atoms with Gasteiger partial charge in [0.25, 0.3) is 0 Å². The number of aromatic amines is 2. The normalized spacial score (nSPS) is 11.5. The van der Waals surface area contributed by atoms with E-state index >= 15 is 0 Å². The summed E-state index contributed by atoms with van der Waals surface area (Å²) in [6.07, 6.45) is 36.1. The molecule has 96 heavy (non-hydrogen) atoms. The highest BCUT2D eigenvalue weighted by atomic mass is 32.2. The zero-order valence-corrected chi connectivity index (χ0v) is 59.3. The molecule has 0 spiro atoms. The van der Waals surface area contributed by atoms with Gasteiger partial charge in [0, 0.05) is 69.1 Å². The molecule has 10 nitrogen and oxygen atoms in total. The second-order valence-electron chi connectivity index (χ2n) is 25.1. The van der Waals surface area contributed by atoms with E-state index in [0.717, 1.165) is 151 Å². The van der Waals surface area contributed by atoms with Crippen LogP contribution >= 0.6 is 23.5 Å². The van der Waals surface area contributed by atoms with Crippen molar-refractivity contribution in [2.45, 2.75) is 205 Å². The smallest absolute Gasteiger partial charge is 0.190 e. The van der Waals surface area contributed by atoms with E-state index in [1.54, 1.807) is 13.8 Å². The number of benzene rings is 4. The molecule has 12 heteroatoms. The van der Waals surface area contributed by atoms with Gasteiger partial charge in [-0.05, 0) is 158 Å². The van der Waals surface area contributed by atoms with Crippen LogP contribution < -0.4 is 18.9 Å². The van der Waals surface area contributed by atoms with Crippen molar-refractivity contribution in [2.75, 3.05) is 26.4 Å². The molecule has 2 aliphatic heterocycles. The molecule has 7 aromatic rings. The van der Waals surface area contributed by atoms with E-state index in [1.807, 2.05) is 60.7 Å². The molecule has 2 aliphatic rings. The minimum absolute atomic E-state index is 0.0254. The Morgan fingerprint density at radius 2 is 0.646 bits per heavy atom. The summed E-state index contributed by atoms with van der Waals surface area (Å²) in [4.78, 5) is 44.8.